The molecule has 1 aromatic rings. The highest BCUT2D eigenvalue weighted by Crippen LogP contribution is 2.22. The molecule has 1 atom stereocenters. The number of aliphatic hydroxyl groups is 1. The second-order valence-corrected chi connectivity index (χ2v) is 3.77. The van der Waals surface area contributed by atoms with Gasteiger partial charge in [-0.15, -0.1) is 0 Å². The van der Waals surface area contributed by atoms with Crippen molar-refractivity contribution in [3.05, 3.63) is 23.9 Å². The molecule has 0 aliphatic rings. The zero-order valence-corrected chi connectivity index (χ0v) is 9.68. The van der Waals surface area contributed by atoms with Crippen molar-refractivity contribution in [2.45, 2.75) is 19.4 Å². The molecule has 0 radical (unpaired) electrons. The third-order valence-electron chi connectivity index (χ3n) is 2.34. The summed E-state index contributed by atoms with van der Waals surface area (Å²) in [5, 5.41) is 8.89. The summed E-state index contributed by atoms with van der Waals surface area (Å²) in [6.45, 7) is 1.21. The zero-order valence-electron chi connectivity index (χ0n) is 9.68. The summed E-state index contributed by atoms with van der Waals surface area (Å²) in [5.74, 6) is 0.414. The molecular formula is C11H17F2N3O. The van der Waals surface area contributed by atoms with Crippen LogP contribution in [-0.2, 0) is 0 Å². The molecule has 1 heterocycles. The highest BCUT2D eigenvalue weighted by Gasteiger charge is 2.18. The van der Waals surface area contributed by atoms with Crippen LogP contribution in [0.5, 0.6) is 0 Å². The van der Waals surface area contributed by atoms with Crippen LogP contribution in [0.15, 0.2) is 18.3 Å². The normalized spacial score (nSPS) is 12.8. The molecule has 1 aromatic heterocycles. The molecule has 17 heavy (non-hydrogen) atoms. The van der Waals surface area contributed by atoms with Gasteiger partial charge < -0.3 is 15.7 Å². The molecule has 0 aliphatic carbocycles. The van der Waals surface area contributed by atoms with Gasteiger partial charge in [-0.3, -0.25) is 0 Å². The Balaban J connectivity index is 2.99. The van der Waals surface area contributed by atoms with Crippen molar-refractivity contribution in [3.63, 3.8) is 0 Å². The standard InChI is InChI=1S/C11H17F2N3O/c1-8(14)9-3-2-4-15-11(9)16(5-6-17)7-10(12)13/h2-4,8,10,17H,5-7,14H2,1H3/t8-/m1/s1. The van der Waals surface area contributed by atoms with E-state index in [9.17, 15) is 8.78 Å². The minimum atomic E-state index is -2.48. The molecule has 96 valence electrons. The molecule has 4 nitrogen and oxygen atoms in total. The maximum absolute atomic E-state index is 12.4. The van der Waals surface area contributed by atoms with Crippen molar-refractivity contribution < 1.29 is 13.9 Å². The van der Waals surface area contributed by atoms with Crippen LogP contribution in [0.25, 0.3) is 0 Å². The van der Waals surface area contributed by atoms with Crippen LogP contribution in [0, 0.1) is 0 Å². The van der Waals surface area contributed by atoms with E-state index in [-0.39, 0.29) is 19.2 Å². The second kappa shape index (κ2) is 6.46. The Bertz CT molecular complexity index is 347. The Morgan fingerprint density at radius 2 is 2.24 bits per heavy atom. The molecule has 0 amide bonds. The average Bonchev–Trinajstić information content (AvgIpc) is 2.28. The van der Waals surface area contributed by atoms with Crippen LogP contribution >= 0.6 is 0 Å². The summed E-state index contributed by atoms with van der Waals surface area (Å²) < 4.78 is 24.9. The van der Waals surface area contributed by atoms with E-state index < -0.39 is 13.0 Å². The zero-order chi connectivity index (χ0) is 12.8. The third-order valence-corrected chi connectivity index (χ3v) is 2.34. The fourth-order valence-corrected chi connectivity index (χ4v) is 1.60. The Morgan fingerprint density at radius 1 is 1.53 bits per heavy atom. The van der Waals surface area contributed by atoms with Crippen LogP contribution in [0.3, 0.4) is 0 Å². The van der Waals surface area contributed by atoms with E-state index in [0.29, 0.717) is 11.4 Å². The minimum absolute atomic E-state index is 0.112. The topological polar surface area (TPSA) is 62.4 Å². The quantitative estimate of drug-likeness (QED) is 0.789. The van der Waals surface area contributed by atoms with Gasteiger partial charge in [0.05, 0.1) is 13.2 Å². The van der Waals surface area contributed by atoms with Crippen molar-refractivity contribution in [2.24, 2.45) is 5.73 Å². The van der Waals surface area contributed by atoms with E-state index in [2.05, 4.69) is 4.98 Å². The van der Waals surface area contributed by atoms with Gasteiger partial charge in [-0.1, -0.05) is 6.07 Å². The van der Waals surface area contributed by atoms with Gasteiger partial charge in [0.15, 0.2) is 0 Å². The molecule has 0 unspecified atom stereocenters. The summed E-state index contributed by atoms with van der Waals surface area (Å²) in [7, 11) is 0. The summed E-state index contributed by atoms with van der Waals surface area (Å²) in [6.07, 6.45) is -0.957. The highest BCUT2D eigenvalue weighted by molar-refractivity contribution is 5.48. The van der Waals surface area contributed by atoms with Gasteiger partial charge in [-0.25, -0.2) is 13.8 Å². The van der Waals surface area contributed by atoms with Crippen molar-refractivity contribution in [1.29, 1.82) is 0 Å². The van der Waals surface area contributed by atoms with Crippen LogP contribution < -0.4 is 10.6 Å². The number of nitrogens with zero attached hydrogens (tertiary/aromatic N) is 2. The van der Waals surface area contributed by atoms with E-state index in [4.69, 9.17) is 10.8 Å². The number of hydrogen-bond donors (Lipinski definition) is 2. The summed E-state index contributed by atoms with van der Waals surface area (Å²) in [6, 6.07) is 3.17. The largest absolute Gasteiger partial charge is 0.395 e. The Labute approximate surface area is 99.1 Å². The number of alkyl halides is 2. The van der Waals surface area contributed by atoms with Gasteiger partial charge >= 0.3 is 0 Å². The first-order valence-electron chi connectivity index (χ1n) is 5.40. The lowest BCUT2D eigenvalue weighted by Gasteiger charge is -2.25. The fourth-order valence-electron chi connectivity index (χ4n) is 1.60. The number of hydrogen-bond acceptors (Lipinski definition) is 4. The van der Waals surface area contributed by atoms with Crippen molar-refractivity contribution in [2.75, 3.05) is 24.6 Å². The average molecular weight is 245 g/mol. The SMILES string of the molecule is C[C@@H](N)c1cccnc1N(CCO)CC(F)F. The first-order valence-corrected chi connectivity index (χ1v) is 5.40. The fraction of sp³-hybridized carbons (Fsp3) is 0.545. The molecule has 0 spiro atoms. The second-order valence-electron chi connectivity index (χ2n) is 3.77. The number of aliphatic hydroxyl groups excluding tert-OH is 1. The molecule has 0 bridgehead atoms. The number of anilines is 1. The van der Waals surface area contributed by atoms with Gasteiger partial charge in [0.2, 0.25) is 0 Å². The van der Waals surface area contributed by atoms with Gasteiger partial charge in [-0.2, -0.15) is 0 Å². The molecule has 0 fully saturated rings. The van der Waals surface area contributed by atoms with Gasteiger partial charge in [0.25, 0.3) is 6.43 Å². The lowest BCUT2D eigenvalue weighted by molar-refractivity contribution is 0.152. The highest BCUT2D eigenvalue weighted by atomic mass is 19.3. The van der Waals surface area contributed by atoms with Crippen molar-refractivity contribution in [3.8, 4) is 0 Å². The number of rotatable bonds is 6. The molecule has 1 rings (SSSR count). The maximum Gasteiger partial charge on any atom is 0.255 e. The van der Waals surface area contributed by atoms with Crippen LogP contribution in [0.2, 0.25) is 0 Å². The first kappa shape index (κ1) is 13.8. The summed E-state index contributed by atoms with van der Waals surface area (Å²) >= 11 is 0. The van der Waals surface area contributed by atoms with E-state index in [1.54, 1.807) is 19.1 Å². The van der Waals surface area contributed by atoms with E-state index in [0.717, 1.165) is 0 Å². The Kier molecular flexibility index (Phi) is 5.24. The minimum Gasteiger partial charge on any atom is -0.395 e. The van der Waals surface area contributed by atoms with Gasteiger partial charge in [0, 0.05) is 24.3 Å². The van der Waals surface area contributed by atoms with E-state index >= 15 is 0 Å². The van der Waals surface area contributed by atoms with Gasteiger partial charge in [-0.05, 0) is 13.0 Å². The van der Waals surface area contributed by atoms with Crippen LogP contribution in [-0.4, -0.2) is 36.2 Å². The predicted molar refractivity (Wildman–Crippen MR) is 62.1 cm³/mol. The number of nitrogens with two attached hydrogens (primary N) is 1. The smallest absolute Gasteiger partial charge is 0.255 e. The molecule has 6 heteroatoms. The molecule has 0 aromatic carbocycles. The molecule has 0 aliphatic heterocycles. The van der Waals surface area contributed by atoms with E-state index in [1.807, 2.05) is 0 Å². The third kappa shape index (κ3) is 3.90. The number of pyridine rings is 1. The Morgan fingerprint density at radius 3 is 2.76 bits per heavy atom. The molecule has 0 saturated heterocycles. The predicted octanol–water partition coefficient (Wildman–Crippen LogP) is 1.17. The van der Waals surface area contributed by atoms with E-state index in [1.165, 1.54) is 11.1 Å². The lowest BCUT2D eigenvalue weighted by atomic mass is 10.1. The van der Waals surface area contributed by atoms with Crippen molar-refractivity contribution >= 4 is 5.82 Å². The van der Waals surface area contributed by atoms with Crippen LogP contribution in [0.4, 0.5) is 14.6 Å². The molecule has 3 N–H and O–H groups in total. The van der Waals surface area contributed by atoms with Crippen molar-refractivity contribution in [1.82, 2.24) is 4.98 Å². The summed E-state index contributed by atoms with van der Waals surface area (Å²) in [5.41, 5.74) is 6.46. The Hall–Kier alpha value is -1.27. The first-order chi connectivity index (χ1) is 8.06. The molecule has 0 saturated carbocycles. The number of aromatic nitrogens is 1. The monoisotopic (exact) mass is 245 g/mol. The number of halogens is 2. The van der Waals surface area contributed by atoms with Crippen LogP contribution in [0.1, 0.15) is 18.5 Å². The molecular weight excluding hydrogens is 228 g/mol. The van der Waals surface area contributed by atoms with Gasteiger partial charge in [0.1, 0.15) is 5.82 Å². The summed E-state index contributed by atoms with van der Waals surface area (Å²) in [4.78, 5) is 5.42. The lowest BCUT2D eigenvalue weighted by Crippen LogP contribution is -2.33. The maximum atomic E-state index is 12.4.